The van der Waals surface area contributed by atoms with Crippen LogP contribution >= 0.6 is 0 Å². The third kappa shape index (κ3) is 6.98. The Bertz CT molecular complexity index is 611. The van der Waals surface area contributed by atoms with E-state index in [1.807, 2.05) is 24.3 Å². The highest BCUT2D eigenvalue weighted by molar-refractivity contribution is 5.94. The van der Waals surface area contributed by atoms with Crippen molar-refractivity contribution in [2.24, 2.45) is 0 Å². The zero-order valence-electron chi connectivity index (χ0n) is 17.4. The minimum Gasteiger partial charge on any atom is -0.353 e. The predicted octanol–water partition coefficient (Wildman–Crippen LogP) is 1.68. The fourth-order valence-electron chi connectivity index (χ4n) is 3.59. The minimum absolute atomic E-state index is 0.0299. The first-order valence-corrected chi connectivity index (χ1v) is 10.3. The van der Waals surface area contributed by atoms with Gasteiger partial charge in [-0.2, -0.15) is 0 Å². The summed E-state index contributed by atoms with van der Waals surface area (Å²) in [6.07, 6.45) is 3.64. The van der Waals surface area contributed by atoms with Crippen molar-refractivity contribution in [1.82, 2.24) is 10.6 Å². The summed E-state index contributed by atoms with van der Waals surface area (Å²) in [5, 5.41) is 5.96. The van der Waals surface area contributed by atoms with E-state index in [-0.39, 0.29) is 17.2 Å². The Morgan fingerprint density at radius 1 is 1.11 bits per heavy atom. The molecule has 1 aromatic rings. The molecular weight excluding hydrogens is 338 g/mol. The number of hydrogen-bond acceptors (Lipinski definition) is 2. The molecule has 0 aliphatic carbocycles. The van der Waals surface area contributed by atoms with Crippen LogP contribution in [0.25, 0.3) is 0 Å². The van der Waals surface area contributed by atoms with Crippen LogP contribution in [-0.4, -0.2) is 44.0 Å². The van der Waals surface area contributed by atoms with Gasteiger partial charge < -0.3 is 15.5 Å². The fraction of sp³-hybridized carbons (Fsp3) is 0.636. The molecular formula is C22H36N3O2+. The van der Waals surface area contributed by atoms with Gasteiger partial charge in [-0.25, -0.2) is 0 Å². The van der Waals surface area contributed by atoms with Gasteiger partial charge >= 0.3 is 0 Å². The Balaban J connectivity index is 1.68. The maximum atomic E-state index is 12.2. The molecule has 27 heavy (non-hydrogen) atoms. The standard InChI is InChI=1S/C22H35N3O2/c1-5-14-25-15-11-19(12-16-25)24-20(26)10-13-23-21(27)17-6-8-18(9-7-17)22(2,3)4/h6-9,19H,5,10-16H2,1-4H3,(H,23,27)(H,24,26)/p+1. The Kier molecular flexibility index (Phi) is 7.84. The monoisotopic (exact) mass is 374 g/mol. The number of carbonyl (C=O) groups is 2. The highest BCUT2D eigenvalue weighted by Crippen LogP contribution is 2.22. The second kappa shape index (κ2) is 9.88. The van der Waals surface area contributed by atoms with Crippen LogP contribution in [0.15, 0.2) is 24.3 Å². The lowest BCUT2D eigenvalue weighted by Gasteiger charge is -2.29. The van der Waals surface area contributed by atoms with E-state index >= 15 is 0 Å². The molecule has 1 saturated heterocycles. The summed E-state index contributed by atoms with van der Waals surface area (Å²) in [5.74, 6) is -0.0953. The normalized spacial score (nSPS) is 20.1. The number of piperidine rings is 1. The van der Waals surface area contributed by atoms with E-state index in [0.29, 0.717) is 24.6 Å². The first-order valence-electron chi connectivity index (χ1n) is 10.3. The van der Waals surface area contributed by atoms with E-state index in [4.69, 9.17) is 0 Å². The third-order valence-electron chi connectivity index (χ3n) is 5.31. The van der Waals surface area contributed by atoms with Crippen molar-refractivity contribution < 1.29 is 14.5 Å². The summed E-state index contributed by atoms with van der Waals surface area (Å²) < 4.78 is 0. The molecule has 0 saturated carbocycles. The smallest absolute Gasteiger partial charge is 0.251 e. The number of carbonyl (C=O) groups excluding carboxylic acids is 2. The zero-order chi connectivity index (χ0) is 19.9. The highest BCUT2D eigenvalue weighted by Gasteiger charge is 2.22. The molecule has 0 aromatic heterocycles. The van der Waals surface area contributed by atoms with Crippen LogP contribution in [0.5, 0.6) is 0 Å². The molecule has 2 rings (SSSR count). The number of hydrogen-bond donors (Lipinski definition) is 3. The summed E-state index contributed by atoms with van der Waals surface area (Å²) in [7, 11) is 0. The number of amides is 2. The van der Waals surface area contributed by atoms with Gasteiger partial charge in [0.15, 0.2) is 0 Å². The van der Waals surface area contributed by atoms with Crippen molar-refractivity contribution in [2.75, 3.05) is 26.2 Å². The van der Waals surface area contributed by atoms with Crippen molar-refractivity contribution in [3.05, 3.63) is 35.4 Å². The molecule has 0 unspecified atom stereocenters. The van der Waals surface area contributed by atoms with Crippen LogP contribution in [-0.2, 0) is 10.2 Å². The molecule has 5 nitrogen and oxygen atoms in total. The summed E-state index contributed by atoms with van der Waals surface area (Å²) in [6, 6.07) is 7.98. The number of quaternary nitrogens is 1. The van der Waals surface area contributed by atoms with Crippen molar-refractivity contribution >= 4 is 11.8 Å². The van der Waals surface area contributed by atoms with Crippen molar-refractivity contribution in [3.63, 3.8) is 0 Å². The zero-order valence-corrected chi connectivity index (χ0v) is 17.4. The second-order valence-corrected chi connectivity index (χ2v) is 8.68. The van der Waals surface area contributed by atoms with E-state index in [2.05, 4.69) is 38.3 Å². The Morgan fingerprint density at radius 3 is 2.30 bits per heavy atom. The number of nitrogens with one attached hydrogen (secondary N) is 3. The van der Waals surface area contributed by atoms with Crippen LogP contribution in [0.1, 0.15) is 69.3 Å². The Labute approximate surface area is 163 Å². The van der Waals surface area contributed by atoms with Crippen LogP contribution in [0.2, 0.25) is 0 Å². The van der Waals surface area contributed by atoms with E-state index in [1.165, 1.54) is 18.5 Å². The Hall–Kier alpha value is -1.88. The summed E-state index contributed by atoms with van der Waals surface area (Å²) >= 11 is 0. The van der Waals surface area contributed by atoms with Gasteiger partial charge in [-0.15, -0.1) is 0 Å². The van der Waals surface area contributed by atoms with Crippen LogP contribution < -0.4 is 15.5 Å². The van der Waals surface area contributed by atoms with Crippen molar-refractivity contribution in [1.29, 1.82) is 0 Å². The first-order chi connectivity index (χ1) is 12.8. The number of rotatable bonds is 7. The molecule has 0 bridgehead atoms. The van der Waals surface area contributed by atoms with Gasteiger partial charge in [0.2, 0.25) is 5.91 Å². The Morgan fingerprint density at radius 2 is 1.74 bits per heavy atom. The first kappa shape index (κ1) is 21.4. The maximum Gasteiger partial charge on any atom is 0.251 e. The minimum atomic E-state index is -0.125. The average Bonchev–Trinajstić information content (AvgIpc) is 2.63. The van der Waals surface area contributed by atoms with Gasteiger partial charge in [0.1, 0.15) is 0 Å². The fourth-order valence-corrected chi connectivity index (χ4v) is 3.59. The molecule has 1 aliphatic heterocycles. The molecule has 1 aromatic carbocycles. The lowest BCUT2D eigenvalue weighted by Crippen LogP contribution is -3.13. The van der Waals surface area contributed by atoms with E-state index < -0.39 is 0 Å². The topological polar surface area (TPSA) is 62.6 Å². The lowest BCUT2D eigenvalue weighted by molar-refractivity contribution is -0.905. The van der Waals surface area contributed by atoms with Gasteiger partial charge in [-0.1, -0.05) is 39.8 Å². The van der Waals surface area contributed by atoms with Crippen LogP contribution in [0.4, 0.5) is 0 Å². The summed E-state index contributed by atoms with van der Waals surface area (Å²) in [6.45, 7) is 12.5. The molecule has 0 atom stereocenters. The van der Waals surface area contributed by atoms with Gasteiger partial charge in [0.05, 0.1) is 19.6 Å². The quantitative estimate of drug-likeness (QED) is 0.680. The highest BCUT2D eigenvalue weighted by atomic mass is 16.2. The SMILES string of the molecule is CCC[NH+]1CCC(NC(=O)CCNC(=O)c2ccc(C(C)(C)C)cc2)CC1. The van der Waals surface area contributed by atoms with Crippen LogP contribution in [0, 0.1) is 0 Å². The molecule has 3 N–H and O–H groups in total. The summed E-state index contributed by atoms with van der Waals surface area (Å²) in [4.78, 5) is 26.0. The molecule has 1 aliphatic rings. The average molecular weight is 375 g/mol. The summed E-state index contributed by atoms with van der Waals surface area (Å²) in [5.41, 5.74) is 1.90. The molecule has 0 radical (unpaired) electrons. The van der Waals surface area contributed by atoms with E-state index in [0.717, 1.165) is 25.9 Å². The largest absolute Gasteiger partial charge is 0.353 e. The molecule has 1 heterocycles. The molecule has 150 valence electrons. The van der Waals surface area contributed by atoms with Crippen molar-refractivity contribution in [3.8, 4) is 0 Å². The molecule has 1 fully saturated rings. The molecule has 0 spiro atoms. The molecule has 5 heteroatoms. The van der Waals surface area contributed by atoms with E-state index in [1.54, 1.807) is 4.90 Å². The second-order valence-electron chi connectivity index (χ2n) is 8.68. The number of likely N-dealkylation sites (tertiary alicyclic amines) is 1. The van der Waals surface area contributed by atoms with Crippen molar-refractivity contribution in [2.45, 2.75) is 64.8 Å². The maximum absolute atomic E-state index is 12.2. The van der Waals surface area contributed by atoms with Gasteiger partial charge in [-0.05, 0) is 29.5 Å². The lowest BCUT2D eigenvalue weighted by atomic mass is 9.87. The van der Waals surface area contributed by atoms with Crippen LogP contribution in [0.3, 0.4) is 0 Å². The van der Waals surface area contributed by atoms with Gasteiger partial charge in [0.25, 0.3) is 5.91 Å². The molecule has 2 amide bonds. The third-order valence-corrected chi connectivity index (χ3v) is 5.31. The van der Waals surface area contributed by atoms with Gasteiger partial charge in [-0.3, -0.25) is 9.59 Å². The number of benzene rings is 1. The predicted molar refractivity (Wildman–Crippen MR) is 109 cm³/mol. The van der Waals surface area contributed by atoms with Gasteiger partial charge in [0, 0.05) is 37.4 Å². The van der Waals surface area contributed by atoms with E-state index in [9.17, 15) is 9.59 Å².